The lowest BCUT2D eigenvalue weighted by Crippen LogP contribution is -2.27. The van der Waals surface area contributed by atoms with Crippen molar-refractivity contribution in [3.05, 3.63) is 29.8 Å². The molecule has 0 saturated heterocycles. The van der Waals surface area contributed by atoms with E-state index in [2.05, 4.69) is 16.7 Å². The standard InChI is InChI=1S/C12H15N3O/c1-9-3-5-10(6-4-9)15-11(8-13)7-12(16)14-2/h3-6,11,15H,7H2,1-2H3,(H,14,16). The summed E-state index contributed by atoms with van der Waals surface area (Å²) in [5, 5.41) is 14.4. The zero-order valence-corrected chi connectivity index (χ0v) is 9.45. The summed E-state index contributed by atoms with van der Waals surface area (Å²) in [6.07, 6.45) is 0.154. The highest BCUT2D eigenvalue weighted by Crippen LogP contribution is 2.10. The van der Waals surface area contributed by atoms with Crippen molar-refractivity contribution in [3.63, 3.8) is 0 Å². The van der Waals surface area contributed by atoms with Gasteiger partial charge >= 0.3 is 0 Å². The smallest absolute Gasteiger partial charge is 0.222 e. The lowest BCUT2D eigenvalue weighted by molar-refractivity contribution is -0.120. The zero-order valence-electron chi connectivity index (χ0n) is 9.45. The highest BCUT2D eigenvalue weighted by Gasteiger charge is 2.11. The van der Waals surface area contributed by atoms with Gasteiger partial charge in [0.25, 0.3) is 0 Å². The molecule has 0 aliphatic rings. The highest BCUT2D eigenvalue weighted by molar-refractivity contribution is 5.77. The molecule has 0 aliphatic carbocycles. The van der Waals surface area contributed by atoms with E-state index in [1.807, 2.05) is 31.2 Å². The molecular weight excluding hydrogens is 202 g/mol. The van der Waals surface area contributed by atoms with E-state index < -0.39 is 6.04 Å². The van der Waals surface area contributed by atoms with E-state index in [0.717, 1.165) is 11.3 Å². The Kier molecular flexibility index (Phi) is 4.34. The van der Waals surface area contributed by atoms with E-state index in [9.17, 15) is 4.79 Å². The van der Waals surface area contributed by atoms with Crippen LogP contribution in [0.2, 0.25) is 0 Å². The average Bonchev–Trinajstić information content (AvgIpc) is 2.30. The molecule has 1 amide bonds. The van der Waals surface area contributed by atoms with Crippen LogP contribution in [0.4, 0.5) is 5.69 Å². The first-order chi connectivity index (χ1) is 7.65. The normalized spacial score (nSPS) is 11.3. The first kappa shape index (κ1) is 12.1. The number of rotatable bonds is 4. The van der Waals surface area contributed by atoms with Gasteiger partial charge in [-0.15, -0.1) is 0 Å². The Balaban J connectivity index is 2.60. The Morgan fingerprint density at radius 3 is 2.56 bits per heavy atom. The molecule has 1 rings (SSSR count). The number of hydrogen-bond donors (Lipinski definition) is 2. The molecule has 0 fully saturated rings. The van der Waals surface area contributed by atoms with E-state index in [0.29, 0.717) is 0 Å². The minimum Gasteiger partial charge on any atom is -0.369 e. The molecule has 4 heteroatoms. The fraction of sp³-hybridized carbons (Fsp3) is 0.333. The third-order valence-corrected chi connectivity index (χ3v) is 2.22. The quantitative estimate of drug-likeness (QED) is 0.802. The summed E-state index contributed by atoms with van der Waals surface area (Å²) in [5.74, 6) is -0.147. The predicted octanol–water partition coefficient (Wildman–Crippen LogP) is 1.44. The number of anilines is 1. The molecule has 0 bridgehead atoms. The van der Waals surface area contributed by atoms with Crippen LogP contribution in [0, 0.1) is 18.3 Å². The van der Waals surface area contributed by atoms with Crippen molar-refractivity contribution in [1.29, 1.82) is 5.26 Å². The molecule has 1 atom stereocenters. The van der Waals surface area contributed by atoms with Gasteiger partial charge in [-0.05, 0) is 19.1 Å². The monoisotopic (exact) mass is 217 g/mol. The van der Waals surface area contributed by atoms with Gasteiger partial charge in [0.15, 0.2) is 0 Å². The van der Waals surface area contributed by atoms with E-state index in [1.165, 1.54) is 0 Å². The van der Waals surface area contributed by atoms with Crippen LogP contribution in [0.3, 0.4) is 0 Å². The summed E-state index contributed by atoms with van der Waals surface area (Å²) >= 11 is 0. The molecule has 1 aromatic rings. The van der Waals surface area contributed by atoms with Crippen LogP contribution < -0.4 is 10.6 Å². The number of benzene rings is 1. The number of nitriles is 1. The average molecular weight is 217 g/mol. The van der Waals surface area contributed by atoms with Gasteiger partial charge in [-0.3, -0.25) is 4.79 Å². The van der Waals surface area contributed by atoms with Crippen molar-refractivity contribution in [2.24, 2.45) is 0 Å². The minimum atomic E-state index is -0.498. The molecule has 0 spiro atoms. The first-order valence-electron chi connectivity index (χ1n) is 5.09. The summed E-state index contributed by atoms with van der Waals surface area (Å²) in [5.41, 5.74) is 2.01. The number of amides is 1. The number of hydrogen-bond acceptors (Lipinski definition) is 3. The van der Waals surface area contributed by atoms with E-state index in [1.54, 1.807) is 7.05 Å². The Labute approximate surface area is 95.3 Å². The van der Waals surface area contributed by atoms with Gasteiger partial charge in [0.2, 0.25) is 5.91 Å². The maximum Gasteiger partial charge on any atom is 0.222 e. The van der Waals surface area contributed by atoms with Crippen molar-refractivity contribution in [2.45, 2.75) is 19.4 Å². The summed E-state index contributed by atoms with van der Waals surface area (Å²) in [6, 6.07) is 9.26. The molecular formula is C12H15N3O. The molecule has 1 aromatic carbocycles. The van der Waals surface area contributed by atoms with Gasteiger partial charge in [0, 0.05) is 12.7 Å². The topological polar surface area (TPSA) is 64.9 Å². The van der Waals surface area contributed by atoms with Crippen molar-refractivity contribution in [3.8, 4) is 6.07 Å². The van der Waals surface area contributed by atoms with Gasteiger partial charge in [0.05, 0.1) is 12.5 Å². The minimum absolute atomic E-state index is 0.147. The molecule has 0 saturated carbocycles. The summed E-state index contributed by atoms with van der Waals surface area (Å²) < 4.78 is 0. The highest BCUT2D eigenvalue weighted by atomic mass is 16.1. The van der Waals surface area contributed by atoms with Gasteiger partial charge in [-0.1, -0.05) is 17.7 Å². The molecule has 0 radical (unpaired) electrons. The molecule has 4 nitrogen and oxygen atoms in total. The van der Waals surface area contributed by atoms with E-state index >= 15 is 0 Å². The number of aryl methyl sites for hydroxylation is 1. The van der Waals surface area contributed by atoms with Crippen molar-refractivity contribution in [2.75, 3.05) is 12.4 Å². The molecule has 16 heavy (non-hydrogen) atoms. The Morgan fingerprint density at radius 1 is 1.44 bits per heavy atom. The number of carbonyl (C=O) groups is 1. The van der Waals surface area contributed by atoms with Crippen LogP contribution in [0.5, 0.6) is 0 Å². The summed E-state index contributed by atoms with van der Waals surface area (Å²) in [6.45, 7) is 2.00. The molecule has 0 aromatic heterocycles. The van der Waals surface area contributed by atoms with Gasteiger partial charge in [-0.2, -0.15) is 5.26 Å². The fourth-order valence-electron chi connectivity index (χ4n) is 1.27. The van der Waals surface area contributed by atoms with Crippen LogP contribution in [-0.2, 0) is 4.79 Å². The van der Waals surface area contributed by atoms with Crippen molar-refractivity contribution in [1.82, 2.24) is 5.32 Å². The lowest BCUT2D eigenvalue weighted by Gasteiger charge is -2.12. The molecule has 84 valence electrons. The van der Waals surface area contributed by atoms with Crippen molar-refractivity contribution >= 4 is 11.6 Å². The number of carbonyl (C=O) groups excluding carboxylic acids is 1. The third kappa shape index (κ3) is 3.62. The summed E-state index contributed by atoms with van der Waals surface area (Å²) in [4.78, 5) is 11.1. The summed E-state index contributed by atoms with van der Waals surface area (Å²) in [7, 11) is 1.56. The van der Waals surface area contributed by atoms with Crippen LogP contribution in [-0.4, -0.2) is 19.0 Å². The zero-order chi connectivity index (χ0) is 12.0. The largest absolute Gasteiger partial charge is 0.369 e. The maximum absolute atomic E-state index is 11.1. The van der Waals surface area contributed by atoms with E-state index in [4.69, 9.17) is 5.26 Å². The molecule has 2 N–H and O–H groups in total. The van der Waals surface area contributed by atoms with E-state index in [-0.39, 0.29) is 12.3 Å². The fourth-order valence-corrected chi connectivity index (χ4v) is 1.27. The lowest BCUT2D eigenvalue weighted by atomic mass is 10.2. The van der Waals surface area contributed by atoms with Crippen molar-refractivity contribution < 1.29 is 4.79 Å². The van der Waals surface area contributed by atoms with Crippen LogP contribution in [0.1, 0.15) is 12.0 Å². The molecule has 1 unspecified atom stereocenters. The second-order valence-electron chi connectivity index (χ2n) is 3.57. The second-order valence-corrected chi connectivity index (χ2v) is 3.57. The van der Waals surface area contributed by atoms with Crippen LogP contribution >= 0.6 is 0 Å². The Hall–Kier alpha value is -2.02. The van der Waals surface area contributed by atoms with Gasteiger partial charge in [-0.25, -0.2) is 0 Å². The SMILES string of the molecule is CNC(=O)CC(C#N)Nc1ccc(C)cc1. The van der Waals surface area contributed by atoms with Gasteiger partial charge < -0.3 is 10.6 Å². The Morgan fingerprint density at radius 2 is 2.06 bits per heavy atom. The molecule has 0 aliphatic heterocycles. The van der Waals surface area contributed by atoms with Gasteiger partial charge in [0.1, 0.15) is 6.04 Å². The number of nitrogens with zero attached hydrogens (tertiary/aromatic N) is 1. The first-order valence-corrected chi connectivity index (χ1v) is 5.09. The van der Waals surface area contributed by atoms with Crippen LogP contribution in [0.25, 0.3) is 0 Å². The second kappa shape index (κ2) is 5.76. The molecule has 0 heterocycles. The number of nitrogens with one attached hydrogen (secondary N) is 2. The third-order valence-electron chi connectivity index (χ3n) is 2.22. The van der Waals surface area contributed by atoms with Crippen LogP contribution in [0.15, 0.2) is 24.3 Å². The maximum atomic E-state index is 11.1. The Bertz CT molecular complexity index is 392. The predicted molar refractivity (Wildman–Crippen MR) is 62.9 cm³/mol.